The number of hydrogen-bond donors (Lipinski definition) is 1. The third-order valence-corrected chi connectivity index (χ3v) is 6.32. The fourth-order valence-electron chi connectivity index (χ4n) is 5.88. The van der Waals surface area contributed by atoms with Gasteiger partial charge in [-0.2, -0.15) is 0 Å². The quantitative estimate of drug-likeness (QED) is 0.851. The van der Waals surface area contributed by atoms with Gasteiger partial charge in [0.05, 0.1) is 0 Å². The number of nitrogens with one attached hydrogen (secondary N) is 1. The van der Waals surface area contributed by atoms with Crippen LogP contribution in [0.1, 0.15) is 55.6 Å². The molecule has 0 radical (unpaired) electrons. The van der Waals surface area contributed by atoms with Gasteiger partial charge in [-0.15, -0.1) is 0 Å². The van der Waals surface area contributed by atoms with E-state index in [0.717, 1.165) is 37.3 Å². The Hall–Kier alpha value is -0.960. The van der Waals surface area contributed by atoms with Gasteiger partial charge in [0.1, 0.15) is 5.82 Å². The summed E-state index contributed by atoms with van der Waals surface area (Å²) in [7, 11) is 0. The summed E-state index contributed by atoms with van der Waals surface area (Å²) in [6, 6.07) is 0. The Labute approximate surface area is 120 Å². The zero-order valence-electron chi connectivity index (χ0n) is 12.1. The first kappa shape index (κ1) is 11.7. The Morgan fingerprint density at radius 3 is 2.45 bits per heavy atom. The average Bonchev–Trinajstić information content (AvgIpc) is 2.45. The Morgan fingerprint density at radius 2 is 1.75 bits per heavy atom. The molecule has 106 valence electrons. The van der Waals surface area contributed by atoms with Crippen LogP contribution in [0.3, 0.4) is 0 Å². The van der Waals surface area contributed by atoms with E-state index in [9.17, 15) is 0 Å². The van der Waals surface area contributed by atoms with E-state index in [2.05, 4.69) is 11.5 Å². The summed E-state index contributed by atoms with van der Waals surface area (Å²) < 4.78 is 0. The van der Waals surface area contributed by atoms with Gasteiger partial charge in [-0.25, -0.2) is 9.97 Å². The van der Waals surface area contributed by atoms with Gasteiger partial charge in [0, 0.05) is 42.4 Å². The summed E-state index contributed by atoms with van der Waals surface area (Å²) in [5.74, 6) is 4.13. The lowest BCUT2D eigenvalue weighted by atomic mass is 9.49. The molecular weight excluding hydrogens is 246 g/mol. The zero-order chi connectivity index (χ0) is 13.2. The van der Waals surface area contributed by atoms with E-state index < -0.39 is 0 Å². The molecule has 1 aromatic heterocycles. The van der Waals surface area contributed by atoms with Crippen molar-refractivity contribution in [3.8, 4) is 0 Å². The van der Waals surface area contributed by atoms with Crippen molar-refractivity contribution >= 4 is 0 Å². The van der Waals surface area contributed by atoms with E-state index in [1.165, 1.54) is 55.6 Å². The summed E-state index contributed by atoms with van der Waals surface area (Å²) in [5, 5.41) is 3.42. The highest BCUT2D eigenvalue weighted by atomic mass is 15.0. The van der Waals surface area contributed by atoms with Gasteiger partial charge in [0.2, 0.25) is 0 Å². The minimum Gasteiger partial charge on any atom is -0.312 e. The third kappa shape index (κ3) is 1.62. The molecule has 0 unspecified atom stereocenters. The van der Waals surface area contributed by atoms with Crippen LogP contribution in [-0.4, -0.2) is 16.5 Å². The molecule has 4 fully saturated rings. The summed E-state index contributed by atoms with van der Waals surface area (Å²) in [5.41, 5.74) is 3.00. The first-order valence-corrected chi connectivity index (χ1v) is 8.37. The molecule has 20 heavy (non-hydrogen) atoms. The average molecular weight is 269 g/mol. The lowest BCUT2D eigenvalue weighted by molar-refractivity contribution is -0.00954. The van der Waals surface area contributed by atoms with E-state index in [0.29, 0.717) is 5.41 Å². The van der Waals surface area contributed by atoms with Crippen LogP contribution in [0.15, 0.2) is 6.20 Å². The highest BCUT2D eigenvalue weighted by Crippen LogP contribution is 2.60. The number of nitrogens with zero attached hydrogens (tertiary/aromatic N) is 2. The van der Waals surface area contributed by atoms with Crippen molar-refractivity contribution in [1.82, 2.24) is 15.3 Å². The number of fused-ring (bicyclic) bond motifs is 1. The van der Waals surface area contributed by atoms with Crippen LogP contribution in [0.5, 0.6) is 0 Å². The van der Waals surface area contributed by atoms with Crippen LogP contribution < -0.4 is 5.32 Å². The van der Waals surface area contributed by atoms with E-state index in [1.807, 2.05) is 0 Å². The standard InChI is InChI=1S/C17H23N3/c1-2-18-9-14-10-19-16(20-15(1)14)17-6-11-3-12(7-17)5-13(4-11)8-17/h10-13,18H,1-9H2. The van der Waals surface area contributed by atoms with Gasteiger partial charge in [-0.1, -0.05) is 0 Å². The van der Waals surface area contributed by atoms with E-state index in [-0.39, 0.29) is 0 Å². The Balaban J connectivity index is 1.56. The van der Waals surface area contributed by atoms with Crippen molar-refractivity contribution in [2.45, 2.75) is 56.9 Å². The van der Waals surface area contributed by atoms with E-state index in [1.54, 1.807) is 0 Å². The van der Waals surface area contributed by atoms with Gasteiger partial charge in [-0.3, -0.25) is 0 Å². The fourth-order valence-corrected chi connectivity index (χ4v) is 5.88. The van der Waals surface area contributed by atoms with Gasteiger partial charge in [0.15, 0.2) is 0 Å². The van der Waals surface area contributed by atoms with Crippen molar-refractivity contribution < 1.29 is 0 Å². The van der Waals surface area contributed by atoms with Gasteiger partial charge in [0.25, 0.3) is 0 Å². The van der Waals surface area contributed by atoms with Crippen LogP contribution in [0.4, 0.5) is 0 Å². The van der Waals surface area contributed by atoms with Crippen LogP contribution >= 0.6 is 0 Å². The number of hydrogen-bond acceptors (Lipinski definition) is 3. The summed E-state index contributed by atoms with van der Waals surface area (Å²) in [6.07, 6.45) is 11.8. The van der Waals surface area contributed by atoms with Gasteiger partial charge < -0.3 is 5.32 Å². The number of rotatable bonds is 1. The molecule has 1 N–H and O–H groups in total. The molecule has 0 saturated heterocycles. The lowest BCUT2D eigenvalue weighted by Gasteiger charge is -2.56. The topological polar surface area (TPSA) is 37.8 Å². The molecule has 1 aliphatic heterocycles. The molecule has 4 aliphatic carbocycles. The molecule has 3 nitrogen and oxygen atoms in total. The molecule has 0 aromatic carbocycles. The van der Waals surface area contributed by atoms with Crippen molar-refractivity contribution in [2.75, 3.05) is 6.54 Å². The van der Waals surface area contributed by atoms with Gasteiger partial charge >= 0.3 is 0 Å². The van der Waals surface area contributed by atoms with Crippen molar-refractivity contribution in [3.63, 3.8) is 0 Å². The van der Waals surface area contributed by atoms with Crippen LogP contribution in [0, 0.1) is 17.8 Å². The summed E-state index contributed by atoms with van der Waals surface area (Å²) in [6.45, 7) is 2.03. The van der Waals surface area contributed by atoms with E-state index >= 15 is 0 Å². The predicted octanol–water partition coefficient (Wildman–Crippen LogP) is 2.59. The summed E-state index contributed by atoms with van der Waals surface area (Å²) in [4.78, 5) is 9.88. The minimum atomic E-state index is 0.356. The molecule has 6 rings (SSSR count). The van der Waals surface area contributed by atoms with Crippen molar-refractivity contribution in [1.29, 1.82) is 0 Å². The highest BCUT2D eigenvalue weighted by Gasteiger charge is 2.53. The maximum Gasteiger partial charge on any atom is 0.134 e. The lowest BCUT2D eigenvalue weighted by Crippen LogP contribution is -2.49. The Kier molecular flexibility index (Phi) is 2.35. The Bertz CT molecular complexity index is 516. The minimum absolute atomic E-state index is 0.356. The number of aromatic nitrogens is 2. The molecule has 4 bridgehead atoms. The maximum atomic E-state index is 5.05. The smallest absolute Gasteiger partial charge is 0.134 e. The molecule has 0 amide bonds. The largest absolute Gasteiger partial charge is 0.312 e. The van der Waals surface area contributed by atoms with Crippen LogP contribution in [0.2, 0.25) is 0 Å². The predicted molar refractivity (Wildman–Crippen MR) is 77.3 cm³/mol. The second kappa shape index (κ2) is 4.03. The van der Waals surface area contributed by atoms with Crippen molar-refractivity contribution in [2.24, 2.45) is 17.8 Å². The SMILES string of the molecule is c1nc(C23CC4CC(CC(C4)C2)C3)nc2c1CNCC2. The first-order valence-electron chi connectivity index (χ1n) is 8.37. The fraction of sp³-hybridized carbons (Fsp3) is 0.765. The third-order valence-electron chi connectivity index (χ3n) is 6.32. The second-order valence-corrected chi connectivity index (χ2v) is 7.79. The second-order valence-electron chi connectivity index (χ2n) is 7.79. The van der Waals surface area contributed by atoms with Crippen LogP contribution in [-0.2, 0) is 18.4 Å². The zero-order valence-corrected chi connectivity index (χ0v) is 12.1. The van der Waals surface area contributed by atoms with E-state index in [4.69, 9.17) is 9.97 Å². The molecule has 4 saturated carbocycles. The molecular formula is C17H23N3. The maximum absolute atomic E-state index is 5.05. The van der Waals surface area contributed by atoms with Crippen LogP contribution in [0.25, 0.3) is 0 Å². The summed E-state index contributed by atoms with van der Waals surface area (Å²) >= 11 is 0. The molecule has 0 atom stereocenters. The highest BCUT2D eigenvalue weighted by molar-refractivity contribution is 5.25. The molecule has 1 aromatic rings. The van der Waals surface area contributed by atoms with Gasteiger partial charge in [-0.05, 0) is 56.3 Å². The molecule has 5 aliphatic rings. The molecule has 0 spiro atoms. The molecule has 3 heteroatoms. The normalized spacial score (nSPS) is 41.7. The monoisotopic (exact) mass is 269 g/mol. The Morgan fingerprint density at radius 1 is 1.05 bits per heavy atom. The first-order chi connectivity index (χ1) is 9.81. The van der Waals surface area contributed by atoms with Crippen molar-refractivity contribution in [3.05, 3.63) is 23.3 Å². The molecule has 2 heterocycles.